The molecule has 0 amide bonds. The van der Waals surface area contributed by atoms with Crippen molar-refractivity contribution < 1.29 is 0 Å². The summed E-state index contributed by atoms with van der Waals surface area (Å²) in [5.41, 5.74) is 17.4. The van der Waals surface area contributed by atoms with Gasteiger partial charge in [-0.3, -0.25) is 0 Å². The molecule has 1 aliphatic rings. The summed E-state index contributed by atoms with van der Waals surface area (Å²) in [5.74, 6) is 0. The van der Waals surface area contributed by atoms with Gasteiger partial charge in [-0.25, -0.2) is 0 Å². The molecule has 0 saturated carbocycles. The van der Waals surface area contributed by atoms with Crippen LogP contribution in [0.3, 0.4) is 0 Å². The minimum atomic E-state index is -0.0270. The Bertz CT molecular complexity index is 1950. The van der Waals surface area contributed by atoms with Crippen LogP contribution in [0.5, 0.6) is 0 Å². The molecule has 2 heterocycles. The van der Waals surface area contributed by atoms with Gasteiger partial charge in [0.1, 0.15) is 7.85 Å². The second kappa shape index (κ2) is 10.6. The fourth-order valence-corrected chi connectivity index (χ4v) is 9.75. The van der Waals surface area contributed by atoms with E-state index in [2.05, 4.69) is 144 Å². The zero-order valence-corrected chi connectivity index (χ0v) is 30.3. The van der Waals surface area contributed by atoms with Crippen molar-refractivity contribution in [3.63, 3.8) is 0 Å². The second-order valence-corrected chi connectivity index (χ2v) is 16.7. The summed E-state index contributed by atoms with van der Waals surface area (Å²) in [6.07, 6.45) is 0. The van der Waals surface area contributed by atoms with Crippen LogP contribution in [-0.2, 0) is 10.8 Å². The number of rotatable bonds is 2. The lowest BCUT2D eigenvalue weighted by atomic mass is 9.36. The van der Waals surface area contributed by atoms with Crippen molar-refractivity contribution in [2.75, 3.05) is 4.90 Å². The fraction of sp³-hybridized carbons (Fsp3) is 0.333. The summed E-state index contributed by atoms with van der Waals surface area (Å²) in [5, 5.41) is 1.38. The standard InChI is InChI=1S/C39H45B2NS2/c1-21-12-17-28(23(3)18-21)41-33-24(4)19-22(2)20-29(33)42(27-15-13-26(14-16-27)38(6,7)8)34-30-25(5)31(39(9,10)11)35(43)32(40)36(30)44-37(34)41/h12-20,43H,40H2,1-11H3. The smallest absolute Gasteiger partial charge is 0.260 e. The largest absolute Gasteiger partial charge is 0.310 e. The van der Waals surface area contributed by atoms with E-state index in [9.17, 15) is 0 Å². The van der Waals surface area contributed by atoms with Crippen LogP contribution in [0.1, 0.15) is 80.5 Å². The number of fused-ring (bicyclic) bond motifs is 4. The highest BCUT2D eigenvalue weighted by atomic mass is 32.1. The normalized spacial score (nSPS) is 13.5. The minimum absolute atomic E-state index is 0.0270. The first-order chi connectivity index (χ1) is 20.5. The maximum atomic E-state index is 5.19. The fourth-order valence-electron chi connectivity index (χ4n) is 7.58. The highest BCUT2D eigenvalue weighted by Gasteiger charge is 2.41. The summed E-state index contributed by atoms with van der Waals surface area (Å²) in [7, 11) is 2.28. The Morgan fingerprint density at radius 1 is 0.773 bits per heavy atom. The van der Waals surface area contributed by atoms with Gasteiger partial charge in [-0.15, -0.1) is 24.0 Å². The molecule has 1 nitrogen and oxygen atoms in total. The van der Waals surface area contributed by atoms with Crippen molar-refractivity contribution in [2.45, 2.75) is 91.9 Å². The van der Waals surface area contributed by atoms with Gasteiger partial charge in [-0.1, -0.05) is 106 Å². The summed E-state index contributed by atoms with van der Waals surface area (Å²) in [6.45, 7) is 25.4. The van der Waals surface area contributed by atoms with Gasteiger partial charge in [0.05, 0.1) is 5.69 Å². The van der Waals surface area contributed by atoms with Crippen LogP contribution >= 0.6 is 24.0 Å². The van der Waals surface area contributed by atoms with Gasteiger partial charge in [0.2, 0.25) is 0 Å². The van der Waals surface area contributed by atoms with Crippen molar-refractivity contribution in [1.82, 2.24) is 0 Å². The van der Waals surface area contributed by atoms with E-state index in [4.69, 9.17) is 12.6 Å². The third kappa shape index (κ3) is 4.86. The first-order valence-corrected chi connectivity index (χ1v) is 17.1. The Morgan fingerprint density at radius 2 is 1.41 bits per heavy atom. The second-order valence-electron chi connectivity index (χ2n) is 15.2. The Hall–Kier alpha value is -2.88. The van der Waals surface area contributed by atoms with Gasteiger partial charge in [0.15, 0.2) is 0 Å². The molecule has 5 aromatic rings. The molecule has 5 heteroatoms. The molecule has 0 fully saturated rings. The number of thiophene rings is 1. The van der Waals surface area contributed by atoms with E-state index >= 15 is 0 Å². The average Bonchev–Trinajstić information content (AvgIpc) is 3.30. The van der Waals surface area contributed by atoms with Crippen molar-refractivity contribution in [1.29, 1.82) is 0 Å². The lowest BCUT2D eigenvalue weighted by molar-refractivity contribution is 0.576. The quantitative estimate of drug-likeness (QED) is 0.154. The first-order valence-electron chi connectivity index (χ1n) is 15.9. The van der Waals surface area contributed by atoms with E-state index in [-0.39, 0.29) is 17.5 Å². The molecule has 0 unspecified atom stereocenters. The van der Waals surface area contributed by atoms with Crippen LogP contribution in [0, 0.1) is 34.6 Å². The highest BCUT2D eigenvalue weighted by molar-refractivity contribution is 7.80. The Kier molecular flexibility index (Phi) is 7.49. The lowest BCUT2D eigenvalue weighted by Crippen LogP contribution is -2.57. The zero-order chi connectivity index (χ0) is 32.0. The van der Waals surface area contributed by atoms with Crippen molar-refractivity contribution in [3.8, 4) is 0 Å². The molecule has 0 spiro atoms. The van der Waals surface area contributed by atoms with Gasteiger partial charge in [0, 0.05) is 31.1 Å². The van der Waals surface area contributed by atoms with Gasteiger partial charge in [-0.2, -0.15) is 0 Å². The van der Waals surface area contributed by atoms with Crippen molar-refractivity contribution in [2.24, 2.45) is 0 Å². The molecular weight excluding hydrogens is 568 g/mol. The Labute approximate surface area is 276 Å². The number of aryl methyl sites for hydroxylation is 5. The van der Waals surface area contributed by atoms with Gasteiger partial charge in [0.25, 0.3) is 6.71 Å². The number of thiol groups is 1. The summed E-state index contributed by atoms with van der Waals surface area (Å²) in [4.78, 5) is 3.72. The zero-order valence-electron chi connectivity index (χ0n) is 28.6. The maximum Gasteiger partial charge on any atom is 0.260 e. The van der Waals surface area contributed by atoms with Crippen LogP contribution in [0.25, 0.3) is 10.1 Å². The number of hydrogen-bond acceptors (Lipinski definition) is 3. The molecule has 4 aromatic carbocycles. The molecule has 0 atom stereocenters. The van der Waals surface area contributed by atoms with E-state index in [0.717, 1.165) is 4.90 Å². The maximum absolute atomic E-state index is 5.19. The summed E-state index contributed by atoms with van der Waals surface area (Å²) >= 11 is 7.17. The molecule has 1 aromatic heterocycles. The Morgan fingerprint density at radius 3 is 2.00 bits per heavy atom. The predicted octanol–water partition coefficient (Wildman–Crippen LogP) is 7.88. The number of hydrogen-bond donors (Lipinski definition) is 1. The van der Waals surface area contributed by atoms with Crippen molar-refractivity contribution >= 4 is 86.8 Å². The molecule has 0 bridgehead atoms. The van der Waals surface area contributed by atoms with Crippen LogP contribution in [-0.4, -0.2) is 14.6 Å². The van der Waals surface area contributed by atoms with Gasteiger partial charge >= 0.3 is 0 Å². The molecule has 0 saturated heterocycles. The molecule has 224 valence electrons. The third-order valence-electron chi connectivity index (χ3n) is 9.59. The monoisotopic (exact) mass is 613 g/mol. The first kappa shape index (κ1) is 31.1. The van der Waals surface area contributed by atoms with E-state index in [0.29, 0.717) is 0 Å². The Balaban J connectivity index is 1.80. The predicted molar refractivity (Wildman–Crippen MR) is 204 cm³/mol. The van der Waals surface area contributed by atoms with Crippen molar-refractivity contribution in [3.05, 3.63) is 93.5 Å². The topological polar surface area (TPSA) is 3.24 Å². The molecule has 44 heavy (non-hydrogen) atoms. The third-order valence-corrected chi connectivity index (χ3v) is 11.5. The van der Waals surface area contributed by atoms with Crippen LogP contribution < -0.4 is 26.1 Å². The SMILES string of the molecule is Bc1c(S)c(C(C)(C)C)c(C)c2c3c(sc12)B(c1ccc(C)cc1C)c1c(C)cc(C)cc1N3c1ccc(C(C)(C)C)cc1. The minimum Gasteiger partial charge on any atom is -0.310 e. The number of nitrogens with zero attached hydrogens (tertiary/aromatic N) is 1. The van der Waals surface area contributed by atoms with Crippen LogP contribution in [0.15, 0.2) is 59.5 Å². The highest BCUT2D eigenvalue weighted by Crippen LogP contribution is 2.47. The van der Waals surface area contributed by atoms with E-state index in [1.54, 1.807) is 0 Å². The van der Waals surface area contributed by atoms with Crippen LogP contribution in [0.4, 0.5) is 17.1 Å². The van der Waals surface area contributed by atoms with Gasteiger partial charge in [-0.05, 0) is 91.4 Å². The molecular formula is C39H45B2NS2. The average molecular weight is 614 g/mol. The van der Waals surface area contributed by atoms with Gasteiger partial charge < -0.3 is 4.90 Å². The molecule has 0 aliphatic carbocycles. The molecule has 0 radical (unpaired) electrons. The molecule has 6 rings (SSSR count). The van der Waals surface area contributed by atoms with Crippen LogP contribution in [0.2, 0.25) is 0 Å². The summed E-state index contributed by atoms with van der Waals surface area (Å²) < 4.78 is 2.79. The summed E-state index contributed by atoms with van der Waals surface area (Å²) in [6, 6.07) is 21.1. The lowest BCUT2D eigenvalue weighted by Gasteiger charge is -2.38. The number of benzene rings is 4. The van der Waals surface area contributed by atoms with E-state index in [1.807, 2.05) is 11.3 Å². The van der Waals surface area contributed by atoms with E-state index < -0.39 is 0 Å². The molecule has 1 aliphatic heterocycles. The number of anilines is 3. The van der Waals surface area contributed by atoms with E-state index in [1.165, 1.54) is 87.3 Å². The molecule has 0 N–H and O–H groups in total.